The Labute approximate surface area is 177 Å². The monoisotopic (exact) mass is 414 g/mol. The molecule has 1 saturated heterocycles. The first-order valence-corrected chi connectivity index (χ1v) is 10.5. The van der Waals surface area contributed by atoms with Gasteiger partial charge in [0.25, 0.3) is 0 Å². The number of carbonyl (C=O) groups excluding carboxylic acids is 2. The van der Waals surface area contributed by atoms with Gasteiger partial charge in [0.05, 0.1) is 19.1 Å². The van der Waals surface area contributed by atoms with Gasteiger partial charge in [0, 0.05) is 17.3 Å². The van der Waals surface area contributed by atoms with E-state index in [0.717, 1.165) is 43.4 Å². The molecule has 1 N–H and O–H groups in total. The molecule has 1 heterocycles. The fourth-order valence-corrected chi connectivity index (χ4v) is 3.79. The number of hydrogen-bond donors (Lipinski definition) is 1. The molecular weight excluding hydrogens is 388 g/mol. The van der Waals surface area contributed by atoms with Crippen molar-refractivity contribution in [2.75, 3.05) is 18.5 Å². The highest BCUT2D eigenvalue weighted by molar-refractivity contribution is 6.30. The van der Waals surface area contributed by atoms with Crippen molar-refractivity contribution in [1.29, 1.82) is 0 Å². The molecular formula is C23H27ClN2O3. The fourth-order valence-electron chi connectivity index (χ4n) is 3.66. The molecule has 0 spiro atoms. The van der Waals surface area contributed by atoms with Crippen LogP contribution in [0.4, 0.5) is 10.5 Å². The molecule has 0 unspecified atom stereocenters. The fraction of sp³-hybridized carbons (Fsp3) is 0.391. The number of carbonyl (C=O) groups is 2. The van der Waals surface area contributed by atoms with Crippen LogP contribution in [-0.4, -0.2) is 30.1 Å². The number of amides is 2. The molecule has 2 aromatic carbocycles. The molecule has 29 heavy (non-hydrogen) atoms. The lowest BCUT2D eigenvalue weighted by molar-refractivity contribution is -0.142. The summed E-state index contributed by atoms with van der Waals surface area (Å²) in [6.45, 7) is 2.88. The molecule has 1 aliphatic heterocycles. The van der Waals surface area contributed by atoms with Gasteiger partial charge in [-0.25, -0.2) is 4.79 Å². The van der Waals surface area contributed by atoms with Crippen molar-refractivity contribution in [1.82, 2.24) is 4.90 Å². The third kappa shape index (κ3) is 5.97. The zero-order valence-corrected chi connectivity index (χ0v) is 17.5. The van der Waals surface area contributed by atoms with E-state index >= 15 is 0 Å². The van der Waals surface area contributed by atoms with E-state index in [1.165, 1.54) is 0 Å². The van der Waals surface area contributed by atoms with Crippen LogP contribution in [0.25, 0.3) is 0 Å². The van der Waals surface area contributed by atoms with Gasteiger partial charge in [-0.15, -0.1) is 0 Å². The van der Waals surface area contributed by atoms with Gasteiger partial charge in [0.15, 0.2) is 0 Å². The maximum absolute atomic E-state index is 13.0. The van der Waals surface area contributed by atoms with Crippen LogP contribution in [0.15, 0.2) is 48.5 Å². The van der Waals surface area contributed by atoms with Crippen molar-refractivity contribution in [3.8, 4) is 0 Å². The molecule has 6 heteroatoms. The summed E-state index contributed by atoms with van der Waals surface area (Å²) in [6.07, 6.45) is 4.38. The number of anilines is 1. The van der Waals surface area contributed by atoms with Crippen LogP contribution < -0.4 is 5.32 Å². The lowest BCUT2D eigenvalue weighted by Crippen LogP contribution is -2.38. The second-order valence-electron chi connectivity index (χ2n) is 7.22. The van der Waals surface area contributed by atoms with Crippen molar-refractivity contribution in [2.45, 2.75) is 45.1 Å². The second-order valence-corrected chi connectivity index (χ2v) is 7.66. The minimum Gasteiger partial charge on any atom is -0.466 e. The van der Waals surface area contributed by atoms with Gasteiger partial charge < -0.3 is 15.0 Å². The molecule has 0 aromatic heterocycles. The average Bonchev–Trinajstić information content (AvgIpc) is 2.96. The Hall–Kier alpha value is -2.53. The maximum Gasteiger partial charge on any atom is 0.322 e. The van der Waals surface area contributed by atoms with Crippen molar-refractivity contribution < 1.29 is 14.3 Å². The number of ether oxygens (including phenoxy) is 1. The van der Waals surface area contributed by atoms with Gasteiger partial charge in [-0.05, 0) is 55.2 Å². The van der Waals surface area contributed by atoms with Crippen molar-refractivity contribution in [2.24, 2.45) is 0 Å². The van der Waals surface area contributed by atoms with Crippen LogP contribution in [0.2, 0.25) is 5.02 Å². The summed E-state index contributed by atoms with van der Waals surface area (Å²) in [6, 6.07) is 15.0. The number of hydrogen-bond acceptors (Lipinski definition) is 3. The predicted molar refractivity (Wildman–Crippen MR) is 115 cm³/mol. The minimum atomic E-state index is -0.250. The minimum absolute atomic E-state index is 0.0397. The standard InChI is InChI=1S/C23H27ClN2O3/c1-2-29-22(27)16-17-7-13-20(14-8-17)25-23(28)26-15-5-3-4-6-21(26)18-9-11-19(24)12-10-18/h7-14,21H,2-6,15-16H2,1H3,(H,25,28)/t21-/m1/s1. The molecule has 0 aliphatic carbocycles. The van der Waals surface area contributed by atoms with E-state index in [-0.39, 0.29) is 24.5 Å². The summed E-state index contributed by atoms with van der Waals surface area (Å²) in [5, 5.41) is 3.70. The van der Waals surface area contributed by atoms with Crippen LogP contribution in [0.3, 0.4) is 0 Å². The van der Waals surface area contributed by atoms with Gasteiger partial charge >= 0.3 is 12.0 Å². The Bertz CT molecular complexity index is 821. The summed E-state index contributed by atoms with van der Waals surface area (Å²) in [5.74, 6) is -0.250. The lowest BCUT2D eigenvalue weighted by Gasteiger charge is -2.30. The molecule has 2 aromatic rings. The molecule has 0 radical (unpaired) electrons. The highest BCUT2D eigenvalue weighted by Gasteiger charge is 2.26. The number of esters is 1. The first-order chi connectivity index (χ1) is 14.1. The van der Waals surface area contributed by atoms with Crippen molar-refractivity contribution in [3.63, 3.8) is 0 Å². The molecule has 0 bridgehead atoms. The van der Waals surface area contributed by atoms with E-state index in [1.807, 2.05) is 53.4 Å². The van der Waals surface area contributed by atoms with Gasteiger partial charge in [-0.2, -0.15) is 0 Å². The summed E-state index contributed by atoms with van der Waals surface area (Å²) in [7, 11) is 0. The molecule has 1 atom stereocenters. The van der Waals surface area contributed by atoms with Gasteiger partial charge in [-0.1, -0.05) is 48.7 Å². The number of nitrogens with zero attached hydrogens (tertiary/aromatic N) is 1. The number of nitrogens with one attached hydrogen (secondary N) is 1. The third-order valence-corrected chi connectivity index (χ3v) is 5.38. The molecule has 2 amide bonds. The zero-order valence-electron chi connectivity index (χ0n) is 16.7. The molecule has 0 saturated carbocycles. The Morgan fingerprint density at radius 3 is 2.48 bits per heavy atom. The van der Waals surface area contributed by atoms with E-state index in [9.17, 15) is 9.59 Å². The summed E-state index contributed by atoms with van der Waals surface area (Å²) >= 11 is 6.03. The summed E-state index contributed by atoms with van der Waals surface area (Å²) < 4.78 is 4.97. The largest absolute Gasteiger partial charge is 0.466 e. The number of benzene rings is 2. The second kappa shape index (κ2) is 10.3. The smallest absolute Gasteiger partial charge is 0.322 e. The van der Waals surface area contributed by atoms with E-state index in [0.29, 0.717) is 17.3 Å². The Balaban J connectivity index is 1.68. The van der Waals surface area contributed by atoms with Crippen LogP contribution >= 0.6 is 11.6 Å². The highest BCUT2D eigenvalue weighted by atomic mass is 35.5. The van der Waals surface area contributed by atoms with Crippen LogP contribution in [0.1, 0.15) is 49.8 Å². The lowest BCUT2D eigenvalue weighted by atomic mass is 10.0. The maximum atomic E-state index is 13.0. The molecule has 1 aliphatic rings. The molecule has 1 fully saturated rings. The van der Waals surface area contributed by atoms with E-state index in [2.05, 4.69) is 5.32 Å². The Morgan fingerprint density at radius 2 is 1.79 bits per heavy atom. The number of halogens is 1. The Kier molecular flexibility index (Phi) is 7.53. The van der Waals surface area contributed by atoms with Crippen LogP contribution in [-0.2, 0) is 16.0 Å². The first kappa shape index (κ1) is 21.2. The van der Waals surface area contributed by atoms with E-state index in [1.54, 1.807) is 6.92 Å². The van der Waals surface area contributed by atoms with E-state index < -0.39 is 0 Å². The Morgan fingerprint density at radius 1 is 1.07 bits per heavy atom. The van der Waals surface area contributed by atoms with Gasteiger partial charge in [0.1, 0.15) is 0 Å². The van der Waals surface area contributed by atoms with Gasteiger partial charge in [-0.3, -0.25) is 4.79 Å². The number of likely N-dealkylation sites (tertiary alicyclic amines) is 1. The van der Waals surface area contributed by atoms with Crippen LogP contribution in [0, 0.1) is 0 Å². The molecule has 5 nitrogen and oxygen atoms in total. The third-order valence-electron chi connectivity index (χ3n) is 5.13. The highest BCUT2D eigenvalue weighted by Crippen LogP contribution is 2.31. The van der Waals surface area contributed by atoms with Crippen LogP contribution in [0.5, 0.6) is 0 Å². The summed E-state index contributed by atoms with van der Waals surface area (Å²) in [4.78, 5) is 26.6. The van der Waals surface area contributed by atoms with Crippen molar-refractivity contribution in [3.05, 3.63) is 64.7 Å². The summed E-state index contributed by atoms with van der Waals surface area (Å²) in [5.41, 5.74) is 2.67. The molecule has 3 rings (SSSR count). The number of rotatable bonds is 5. The number of urea groups is 1. The predicted octanol–water partition coefficient (Wildman–Crippen LogP) is 5.59. The normalized spacial score (nSPS) is 16.8. The molecule has 154 valence electrons. The topological polar surface area (TPSA) is 58.6 Å². The van der Waals surface area contributed by atoms with Crippen molar-refractivity contribution >= 4 is 29.3 Å². The van der Waals surface area contributed by atoms with E-state index in [4.69, 9.17) is 16.3 Å². The zero-order chi connectivity index (χ0) is 20.6. The average molecular weight is 415 g/mol. The quantitative estimate of drug-likeness (QED) is 0.648. The van der Waals surface area contributed by atoms with Gasteiger partial charge in [0.2, 0.25) is 0 Å². The SMILES string of the molecule is CCOC(=O)Cc1ccc(NC(=O)N2CCCCC[C@@H]2c2ccc(Cl)cc2)cc1. The first-order valence-electron chi connectivity index (χ1n) is 10.1.